The van der Waals surface area contributed by atoms with Crippen molar-refractivity contribution < 1.29 is 13.2 Å². The molecule has 132 valence electrons. The molecule has 1 heterocycles. The van der Waals surface area contributed by atoms with Gasteiger partial charge in [0.1, 0.15) is 0 Å². The molecule has 25 heavy (non-hydrogen) atoms. The third-order valence-electron chi connectivity index (χ3n) is 4.22. The van der Waals surface area contributed by atoms with Gasteiger partial charge >= 0.3 is 6.03 Å². The molecule has 7 heteroatoms. The quantitative estimate of drug-likeness (QED) is 0.914. The zero-order valence-corrected chi connectivity index (χ0v) is 14.9. The Labute approximate surface area is 148 Å². The molecule has 0 spiro atoms. The predicted molar refractivity (Wildman–Crippen MR) is 98.8 cm³/mol. The molecule has 1 saturated heterocycles. The second kappa shape index (κ2) is 7.14. The number of anilines is 2. The summed E-state index contributed by atoms with van der Waals surface area (Å²) >= 11 is 0. The zero-order chi connectivity index (χ0) is 17.9. The predicted octanol–water partition coefficient (Wildman–Crippen LogP) is 2.44. The van der Waals surface area contributed by atoms with E-state index in [2.05, 4.69) is 10.2 Å². The number of amides is 2. The first kappa shape index (κ1) is 17.3. The highest BCUT2D eigenvalue weighted by Gasteiger charge is 2.21. The van der Waals surface area contributed by atoms with Gasteiger partial charge in [-0.25, -0.2) is 13.2 Å². The number of urea groups is 1. The van der Waals surface area contributed by atoms with Gasteiger partial charge in [-0.05, 0) is 36.4 Å². The average Bonchev–Trinajstić information content (AvgIpc) is 2.62. The molecule has 0 radical (unpaired) electrons. The van der Waals surface area contributed by atoms with Crippen molar-refractivity contribution in [2.75, 3.05) is 42.7 Å². The van der Waals surface area contributed by atoms with Crippen molar-refractivity contribution in [3.05, 3.63) is 54.6 Å². The minimum absolute atomic E-state index is 0.0988. The number of sulfone groups is 1. The molecule has 0 aliphatic carbocycles. The third-order valence-corrected chi connectivity index (χ3v) is 5.35. The molecule has 1 aliphatic rings. The van der Waals surface area contributed by atoms with Crippen molar-refractivity contribution in [3.8, 4) is 0 Å². The fourth-order valence-electron chi connectivity index (χ4n) is 2.80. The number of hydrogen-bond donors (Lipinski definition) is 1. The van der Waals surface area contributed by atoms with Gasteiger partial charge in [-0.2, -0.15) is 0 Å². The summed E-state index contributed by atoms with van der Waals surface area (Å²) in [4.78, 5) is 16.5. The van der Waals surface area contributed by atoms with Crippen LogP contribution < -0.4 is 10.2 Å². The number of piperazine rings is 1. The topological polar surface area (TPSA) is 69.7 Å². The molecule has 0 bridgehead atoms. The minimum atomic E-state index is -3.18. The van der Waals surface area contributed by atoms with Crippen LogP contribution in [0.1, 0.15) is 0 Å². The number of nitrogens with one attached hydrogen (secondary N) is 1. The van der Waals surface area contributed by atoms with Gasteiger partial charge in [0.2, 0.25) is 0 Å². The van der Waals surface area contributed by atoms with Crippen molar-refractivity contribution in [2.24, 2.45) is 0 Å². The van der Waals surface area contributed by atoms with E-state index in [1.165, 1.54) is 6.26 Å². The van der Waals surface area contributed by atoms with Crippen LogP contribution in [0.15, 0.2) is 59.5 Å². The monoisotopic (exact) mass is 359 g/mol. The van der Waals surface area contributed by atoms with E-state index >= 15 is 0 Å². The molecule has 6 nitrogen and oxygen atoms in total. The van der Waals surface area contributed by atoms with Crippen molar-refractivity contribution in [3.63, 3.8) is 0 Å². The van der Waals surface area contributed by atoms with Gasteiger partial charge in [-0.3, -0.25) is 0 Å². The highest BCUT2D eigenvalue weighted by molar-refractivity contribution is 7.90. The van der Waals surface area contributed by atoms with E-state index in [1.54, 1.807) is 17.0 Å². The Kier molecular flexibility index (Phi) is 4.94. The summed E-state index contributed by atoms with van der Waals surface area (Å²) in [5.41, 5.74) is 1.75. The van der Waals surface area contributed by atoms with E-state index < -0.39 is 9.84 Å². The van der Waals surface area contributed by atoms with Gasteiger partial charge in [0.05, 0.1) is 4.90 Å². The van der Waals surface area contributed by atoms with Crippen molar-refractivity contribution >= 4 is 27.2 Å². The summed E-state index contributed by atoms with van der Waals surface area (Å²) in [6.07, 6.45) is 1.20. The van der Waals surface area contributed by atoms with Gasteiger partial charge in [-0.1, -0.05) is 18.2 Å². The molecule has 3 rings (SSSR count). The van der Waals surface area contributed by atoms with E-state index in [-0.39, 0.29) is 6.03 Å². The SMILES string of the molecule is CS(=O)(=O)c1ccc(N2CCN(C(=O)Nc3ccccc3)CC2)cc1. The van der Waals surface area contributed by atoms with Crippen LogP contribution in [0.4, 0.5) is 16.2 Å². The van der Waals surface area contributed by atoms with Crippen LogP contribution in [-0.4, -0.2) is 51.8 Å². The highest BCUT2D eigenvalue weighted by atomic mass is 32.2. The van der Waals surface area contributed by atoms with Crippen LogP contribution in [0, 0.1) is 0 Å². The van der Waals surface area contributed by atoms with Crippen molar-refractivity contribution in [2.45, 2.75) is 4.90 Å². The number of carbonyl (C=O) groups is 1. The molecule has 0 atom stereocenters. The summed E-state index contributed by atoms with van der Waals surface area (Å²) in [6, 6.07) is 16.2. The van der Waals surface area contributed by atoms with Crippen molar-refractivity contribution in [1.82, 2.24) is 4.90 Å². The van der Waals surface area contributed by atoms with Crippen molar-refractivity contribution in [1.29, 1.82) is 0 Å². The molecule has 0 saturated carbocycles. The number of para-hydroxylation sites is 1. The summed E-state index contributed by atoms with van der Waals surface area (Å²) in [6.45, 7) is 2.65. The van der Waals surface area contributed by atoms with Crippen LogP contribution in [-0.2, 0) is 9.84 Å². The number of carbonyl (C=O) groups excluding carboxylic acids is 1. The van der Waals surface area contributed by atoms with Crippen LogP contribution in [0.5, 0.6) is 0 Å². The standard InChI is InChI=1S/C18H21N3O3S/c1-25(23,24)17-9-7-16(8-10-17)20-11-13-21(14-12-20)18(22)19-15-5-3-2-4-6-15/h2-10H,11-14H2,1H3,(H,19,22). The summed E-state index contributed by atoms with van der Waals surface area (Å²) < 4.78 is 23.0. The van der Waals surface area contributed by atoms with Gasteiger partial charge < -0.3 is 15.1 Å². The number of rotatable bonds is 3. The van der Waals surface area contributed by atoms with Gasteiger partial charge in [-0.15, -0.1) is 0 Å². The Morgan fingerprint density at radius 2 is 1.52 bits per heavy atom. The number of nitrogens with zero attached hydrogens (tertiary/aromatic N) is 2. The van der Waals surface area contributed by atoms with Gasteiger partial charge in [0.25, 0.3) is 0 Å². The molecule has 2 amide bonds. The highest BCUT2D eigenvalue weighted by Crippen LogP contribution is 2.20. The maximum Gasteiger partial charge on any atom is 0.321 e. The molecule has 1 N–H and O–H groups in total. The molecule has 2 aromatic rings. The van der Waals surface area contributed by atoms with Gasteiger partial charge in [0.15, 0.2) is 9.84 Å². The molecule has 0 unspecified atom stereocenters. The fraction of sp³-hybridized carbons (Fsp3) is 0.278. The lowest BCUT2D eigenvalue weighted by Crippen LogP contribution is -2.50. The summed E-state index contributed by atoms with van der Waals surface area (Å²) in [5, 5.41) is 2.89. The van der Waals surface area contributed by atoms with Gasteiger partial charge in [0, 0.05) is 43.8 Å². The minimum Gasteiger partial charge on any atom is -0.368 e. The maximum atomic E-state index is 12.3. The molecule has 1 aliphatic heterocycles. The summed E-state index contributed by atoms with van der Waals surface area (Å²) in [7, 11) is -3.18. The Bertz CT molecular complexity index is 828. The smallest absolute Gasteiger partial charge is 0.321 e. The average molecular weight is 359 g/mol. The Morgan fingerprint density at radius 1 is 0.920 bits per heavy atom. The Balaban J connectivity index is 1.57. The first-order chi connectivity index (χ1) is 11.9. The lowest BCUT2D eigenvalue weighted by molar-refractivity contribution is 0.208. The molecular formula is C18H21N3O3S. The molecule has 1 fully saturated rings. The fourth-order valence-corrected chi connectivity index (χ4v) is 3.43. The van der Waals surface area contributed by atoms with Crippen LogP contribution >= 0.6 is 0 Å². The largest absolute Gasteiger partial charge is 0.368 e. The lowest BCUT2D eigenvalue weighted by Gasteiger charge is -2.36. The van der Waals surface area contributed by atoms with Crippen LogP contribution in [0.2, 0.25) is 0 Å². The molecule has 2 aromatic carbocycles. The Morgan fingerprint density at radius 3 is 2.08 bits per heavy atom. The first-order valence-electron chi connectivity index (χ1n) is 8.09. The molecule has 0 aromatic heterocycles. The Hall–Kier alpha value is -2.54. The maximum absolute atomic E-state index is 12.3. The molecular weight excluding hydrogens is 338 g/mol. The van der Waals surface area contributed by atoms with E-state index in [1.807, 2.05) is 42.5 Å². The normalized spacial score (nSPS) is 15.1. The zero-order valence-electron chi connectivity index (χ0n) is 14.1. The lowest BCUT2D eigenvalue weighted by atomic mass is 10.2. The second-order valence-corrected chi connectivity index (χ2v) is 8.05. The third kappa shape index (κ3) is 4.30. The first-order valence-corrected chi connectivity index (χ1v) is 9.99. The second-order valence-electron chi connectivity index (χ2n) is 6.04. The van der Waals surface area contributed by atoms with E-state index in [0.29, 0.717) is 31.1 Å². The van der Waals surface area contributed by atoms with Crippen LogP contribution in [0.3, 0.4) is 0 Å². The van der Waals surface area contributed by atoms with E-state index in [9.17, 15) is 13.2 Å². The number of hydrogen-bond acceptors (Lipinski definition) is 4. The van der Waals surface area contributed by atoms with Crippen LogP contribution in [0.25, 0.3) is 0 Å². The van der Waals surface area contributed by atoms with E-state index in [0.717, 1.165) is 11.4 Å². The summed E-state index contributed by atoms with van der Waals surface area (Å²) in [5.74, 6) is 0. The van der Waals surface area contributed by atoms with E-state index in [4.69, 9.17) is 0 Å². The number of benzene rings is 2.